The van der Waals surface area contributed by atoms with Crippen LogP contribution in [0.4, 0.5) is 0 Å². The monoisotopic (exact) mass is 206 g/mol. The molecule has 0 aromatic carbocycles. The van der Waals surface area contributed by atoms with Gasteiger partial charge < -0.3 is 5.11 Å². The second kappa shape index (κ2) is 3.30. The van der Waals surface area contributed by atoms with Crippen LogP contribution in [0.3, 0.4) is 0 Å². The minimum atomic E-state index is -1.03. The van der Waals surface area contributed by atoms with Crippen molar-refractivity contribution >= 4 is 11.7 Å². The maximum absolute atomic E-state index is 11.0. The van der Waals surface area contributed by atoms with Gasteiger partial charge in [-0.1, -0.05) is 13.8 Å². The number of hydrogen-bond acceptors (Lipinski definition) is 4. The van der Waals surface area contributed by atoms with Crippen LogP contribution < -0.4 is 0 Å². The van der Waals surface area contributed by atoms with E-state index in [1.54, 1.807) is 0 Å². The topological polar surface area (TPSA) is 80.4 Å². The number of nitrogens with zero attached hydrogens (tertiary/aromatic N) is 4. The Morgan fingerprint density at radius 3 is 2.87 bits per heavy atom. The third-order valence-electron chi connectivity index (χ3n) is 2.08. The van der Waals surface area contributed by atoms with E-state index in [-0.39, 0.29) is 11.6 Å². The van der Waals surface area contributed by atoms with Crippen molar-refractivity contribution in [3.05, 3.63) is 23.8 Å². The highest BCUT2D eigenvalue weighted by Gasteiger charge is 2.14. The molecule has 0 aliphatic heterocycles. The molecule has 2 heterocycles. The smallest absolute Gasteiger partial charge is 0.354 e. The van der Waals surface area contributed by atoms with Gasteiger partial charge in [0.25, 0.3) is 5.78 Å². The van der Waals surface area contributed by atoms with Crippen molar-refractivity contribution < 1.29 is 9.90 Å². The van der Waals surface area contributed by atoms with E-state index >= 15 is 0 Å². The van der Waals surface area contributed by atoms with Gasteiger partial charge in [-0.2, -0.15) is 14.6 Å². The summed E-state index contributed by atoms with van der Waals surface area (Å²) in [5.41, 5.74) is 0.786. The van der Waals surface area contributed by atoms with Crippen molar-refractivity contribution in [2.75, 3.05) is 0 Å². The molecule has 0 spiro atoms. The van der Waals surface area contributed by atoms with Crippen LogP contribution in [0.2, 0.25) is 0 Å². The Hall–Kier alpha value is -1.98. The highest BCUT2D eigenvalue weighted by molar-refractivity contribution is 5.86. The molecule has 6 heteroatoms. The van der Waals surface area contributed by atoms with Gasteiger partial charge in [0.2, 0.25) is 0 Å². The van der Waals surface area contributed by atoms with E-state index in [0.29, 0.717) is 11.5 Å². The number of carbonyl (C=O) groups is 1. The zero-order chi connectivity index (χ0) is 11.0. The van der Waals surface area contributed by atoms with Crippen molar-refractivity contribution in [3.8, 4) is 0 Å². The van der Waals surface area contributed by atoms with E-state index in [9.17, 15) is 4.79 Å². The van der Waals surface area contributed by atoms with E-state index in [1.807, 2.05) is 13.8 Å². The van der Waals surface area contributed by atoms with Crippen molar-refractivity contribution in [1.29, 1.82) is 0 Å². The number of aromatic carboxylic acids is 1. The Balaban J connectivity index is 2.74. The van der Waals surface area contributed by atoms with Crippen LogP contribution in [0.1, 0.15) is 35.9 Å². The van der Waals surface area contributed by atoms with E-state index in [0.717, 1.165) is 0 Å². The van der Waals surface area contributed by atoms with Crippen LogP contribution in [-0.2, 0) is 0 Å². The fourth-order valence-corrected chi connectivity index (χ4v) is 1.28. The van der Waals surface area contributed by atoms with E-state index in [4.69, 9.17) is 5.11 Å². The molecular weight excluding hydrogens is 196 g/mol. The first-order valence-electron chi connectivity index (χ1n) is 4.53. The largest absolute Gasteiger partial charge is 0.477 e. The lowest BCUT2D eigenvalue weighted by Gasteiger charge is -2.05. The molecule has 1 N–H and O–H groups in total. The average Bonchev–Trinajstić information content (AvgIpc) is 2.62. The molecule has 0 bridgehead atoms. The Morgan fingerprint density at radius 1 is 1.53 bits per heavy atom. The van der Waals surface area contributed by atoms with Gasteiger partial charge in [0, 0.05) is 5.69 Å². The zero-order valence-electron chi connectivity index (χ0n) is 8.38. The first-order valence-corrected chi connectivity index (χ1v) is 4.53. The highest BCUT2D eigenvalue weighted by Crippen LogP contribution is 2.14. The fraction of sp³-hybridized carbons (Fsp3) is 0.333. The highest BCUT2D eigenvalue weighted by atomic mass is 16.4. The molecule has 0 unspecified atom stereocenters. The first-order chi connectivity index (χ1) is 7.09. The summed E-state index contributed by atoms with van der Waals surface area (Å²) in [6, 6.07) is 1.52. The van der Waals surface area contributed by atoms with Gasteiger partial charge in [-0.3, -0.25) is 0 Å². The van der Waals surface area contributed by atoms with Crippen molar-refractivity contribution in [3.63, 3.8) is 0 Å². The van der Waals surface area contributed by atoms with Gasteiger partial charge in [-0.05, 0) is 12.0 Å². The van der Waals surface area contributed by atoms with Gasteiger partial charge >= 0.3 is 5.97 Å². The van der Waals surface area contributed by atoms with Crippen LogP contribution in [0.5, 0.6) is 0 Å². The Labute approximate surface area is 85.6 Å². The number of carboxylic acids is 1. The molecule has 0 fully saturated rings. The van der Waals surface area contributed by atoms with E-state index in [2.05, 4.69) is 15.1 Å². The Bertz CT molecular complexity index is 518. The summed E-state index contributed by atoms with van der Waals surface area (Å²) in [4.78, 5) is 19.1. The van der Waals surface area contributed by atoms with Crippen LogP contribution in [-0.4, -0.2) is 30.7 Å². The van der Waals surface area contributed by atoms with Crippen molar-refractivity contribution in [2.24, 2.45) is 0 Å². The van der Waals surface area contributed by atoms with Gasteiger partial charge in [0.1, 0.15) is 6.33 Å². The first kappa shape index (κ1) is 9.57. The molecule has 6 nitrogen and oxygen atoms in total. The summed E-state index contributed by atoms with van der Waals surface area (Å²) in [6.07, 6.45) is 1.29. The molecule has 0 aliphatic carbocycles. The molecule has 0 saturated heterocycles. The second-order valence-electron chi connectivity index (χ2n) is 3.50. The molecule has 78 valence electrons. The fourth-order valence-electron chi connectivity index (χ4n) is 1.28. The molecule has 0 amide bonds. The minimum Gasteiger partial charge on any atom is -0.477 e. The van der Waals surface area contributed by atoms with Gasteiger partial charge in [-0.25, -0.2) is 9.78 Å². The van der Waals surface area contributed by atoms with Crippen LogP contribution in [0.15, 0.2) is 12.4 Å². The van der Waals surface area contributed by atoms with Gasteiger partial charge in [-0.15, -0.1) is 0 Å². The lowest BCUT2D eigenvalue weighted by Crippen LogP contribution is -2.10. The van der Waals surface area contributed by atoms with Crippen molar-refractivity contribution in [1.82, 2.24) is 19.6 Å². The lowest BCUT2D eigenvalue weighted by molar-refractivity contribution is 0.0687. The van der Waals surface area contributed by atoms with Crippen LogP contribution in [0, 0.1) is 0 Å². The summed E-state index contributed by atoms with van der Waals surface area (Å²) >= 11 is 0. The summed E-state index contributed by atoms with van der Waals surface area (Å²) < 4.78 is 1.22. The van der Waals surface area contributed by atoms with Gasteiger partial charge in [0.05, 0.1) is 0 Å². The maximum Gasteiger partial charge on any atom is 0.354 e. The number of carboxylic acid groups (broad SMARTS) is 1. The average molecular weight is 206 g/mol. The lowest BCUT2D eigenvalue weighted by atomic mass is 10.1. The number of hydrogen-bond donors (Lipinski definition) is 1. The molecule has 0 radical (unpaired) electrons. The zero-order valence-corrected chi connectivity index (χ0v) is 8.38. The standard InChI is InChI=1S/C9H10N4O2/c1-5(2)6-3-7(8(14)15)13-9(12-6)10-4-11-13/h3-5H,1-2H3,(H,14,15). The molecule has 0 aliphatic rings. The predicted molar refractivity (Wildman–Crippen MR) is 51.8 cm³/mol. The molecule has 15 heavy (non-hydrogen) atoms. The normalized spacial score (nSPS) is 11.1. The number of fused-ring (bicyclic) bond motifs is 1. The number of aromatic nitrogens is 4. The molecular formula is C9H10N4O2. The Morgan fingerprint density at radius 2 is 2.27 bits per heavy atom. The third-order valence-corrected chi connectivity index (χ3v) is 2.08. The van der Waals surface area contributed by atoms with Gasteiger partial charge in [0.15, 0.2) is 5.69 Å². The van der Waals surface area contributed by atoms with Crippen molar-refractivity contribution in [2.45, 2.75) is 19.8 Å². The molecule has 2 rings (SSSR count). The predicted octanol–water partition coefficient (Wildman–Crippen LogP) is 0.946. The second-order valence-corrected chi connectivity index (χ2v) is 3.50. The quantitative estimate of drug-likeness (QED) is 0.791. The summed E-state index contributed by atoms with van der Waals surface area (Å²) in [6.45, 7) is 3.89. The molecule has 0 saturated carbocycles. The number of rotatable bonds is 2. The van der Waals surface area contributed by atoms with Crippen LogP contribution >= 0.6 is 0 Å². The SMILES string of the molecule is CC(C)c1cc(C(=O)O)n2ncnc2n1. The Kier molecular flexibility index (Phi) is 2.11. The molecule has 0 atom stereocenters. The third kappa shape index (κ3) is 1.54. The molecule has 2 aromatic rings. The molecule has 2 aromatic heterocycles. The summed E-state index contributed by atoms with van der Waals surface area (Å²) in [5, 5.41) is 12.8. The summed E-state index contributed by atoms with van der Waals surface area (Å²) in [5.74, 6) is -0.557. The van der Waals surface area contributed by atoms with Crippen LogP contribution in [0.25, 0.3) is 5.78 Å². The maximum atomic E-state index is 11.0. The van der Waals surface area contributed by atoms with E-state index in [1.165, 1.54) is 16.9 Å². The van der Waals surface area contributed by atoms with E-state index < -0.39 is 5.97 Å². The minimum absolute atomic E-state index is 0.0844. The summed E-state index contributed by atoms with van der Waals surface area (Å²) in [7, 11) is 0.